The number of hydrogen-bond acceptors (Lipinski definition) is 2. The van der Waals surface area contributed by atoms with Gasteiger partial charge in [-0.15, -0.1) is 0 Å². The molecule has 0 aliphatic carbocycles. The topological polar surface area (TPSA) is 66.4 Å². The molecule has 1 atom stereocenters. The van der Waals surface area contributed by atoms with E-state index < -0.39 is 12.0 Å². The number of benzene rings is 2. The first-order valence-corrected chi connectivity index (χ1v) is 7.70. The normalized spacial score (nSPS) is 11.8. The second kappa shape index (κ2) is 7.73. The van der Waals surface area contributed by atoms with Gasteiger partial charge >= 0.3 is 5.97 Å². The molecule has 0 bridgehead atoms. The van der Waals surface area contributed by atoms with Crippen molar-refractivity contribution in [2.24, 2.45) is 0 Å². The van der Waals surface area contributed by atoms with Crippen LogP contribution in [0.4, 0.5) is 4.39 Å². The van der Waals surface area contributed by atoms with Gasteiger partial charge in [-0.05, 0) is 43.5 Å². The van der Waals surface area contributed by atoms with Crippen LogP contribution in [0.15, 0.2) is 42.5 Å². The number of amides is 1. The lowest BCUT2D eigenvalue weighted by Crippen LogP contribution is -2.34. The molecule has 2 aromatic rings. The smallest absolute Gasteiger partial charge is 0.330 e. The minimum absolute atomic E-state index is 0.139. The van der Waals surface area contributed by atoms with Gasteiger partial charge in [-0.2, -0.15) is 0 Å². The lowest BCUT2D eigenvalue weighted by Gasteiger charge is -2.16. The van der Waals surface area contributed by atoms with Crippen molar-refractivity contribution in [2.45, 2.75) is 32.7 Å². The van der Waals surface area contributed by atoms with Crippen molar-refractivity contribution in [1.29, 1.82) is 0 Å². The fourth-order valence-corrected chi connectivity index (χ4v) is 2.61. The van der Waals surface area contributed by atoms with Crippen molar-refractivity contribution < 1.29 is 19.1 Å². The van der Waals surface area contributed by atoms with E-state index in [9.17, 15) is 19.1 Å². The highest BCUT2D eigenvalue weighted by Crippen LogP contribution is 2.18. The SMILES string of the molecule is Cc1cc(C)cc(C(NC(=O)CCc2ccc(F)cc2)C(=O)O)c1. The Balaban J connectivity index is 2.03. The summed E-state index contributed by atoms with van der Waals surface area (Å²) in [6, 6.07) is 10.3. The van der Waals surface area contributed by atoms with Crippen molar-refractivity contribution in [2.75, 3.05) is 0 Å². The van der Waals surface area contributed by atoms with E-state index in [1.165, 1.54) is 12.1 Å². The summed E-state index contributed by atoms with van der Waals surface area (Å²) in [5.41, 5.74) is 3.26. The Kier molecular flexibility index (Phi) is 5.68. The molecule has 5 heteroatoms. The minimum atomic E-state index is -1.10. The predicted molar refractivity (Wildman–Crippen MR) is 89.2 cm³/mol. The lowest BCUT2D eigenvalue weighted by molar-refractivity contribution is -0.142. The van der Waals surface area contributed by atoms with Crippen molar-refractivity contribution in [1.82, 2.24) is 5.32 Å². The van der Waals surface area contributed by atoms with E-state index in [1.54, 1.807) is 24.3 Å². The van der Waals surface area contributed by atoms with Crippen molar-refractivity contribution in [3.05, 3.63) is 70.5 Å². The molecule has 0 saturated heterocycles. The summed E-state index contributed by atoms with van der Waals surface area (Å²) in [6.45, 7) is 3.76. The summed E-state index contributed by atoms with van der Waals surface area (Å²) in [5.74, 6) is -1.79. The molecule has 0 spiro atoms. The second-order valence-electron chi connectivity index (χ2n) is 5.89. The number of rotatable bonds is 6. The van der Waals surface area contributed by atoms with Crippen LogP contribution in [-0.2, 0) is 16.0 Å². The summed E-state index contributed by atoms with van der Waals surface area (Å²) in [7, 11) is 0. The highest BCUT2D eigenvalue weighted by atomic mass is 19.1. The van der Waals surface area contributed by atoms with Gasteiger partial charge in [0.1, 0.15) is 5.82 Å². The Labute approximate surface area is 140 Å². The molecule has 126 valence electrons. The number of aliphatic carboxylic acids is 1. The highest BCUT2D eigenvalue weighted by Gasteiger charge is 2.22. The van der Waals surface area contributed by atoms with Crippen molar-refractivity contribution >= 4 is 11.9 Å². The van der Waals surface area contributed by atoms with Gasteiger partial charge in [0.05, 0.1) is 0 Å². The van der Waals surface area contributed by atoms with E-state index >= 15 is 0 Å². The third kappa shape index (κ3) is 4.91. The van der Waals surface area contributed by atoms with E-state index in [-0.39, 0.29) is 18.1 Å². The van der Waals surface area contributed by atoms with Gasteiger partial charge in [0.15, 0.2) is 6.04 Å². The van der Waals surface area contributed by atoms with Gasteiger partial charge in [-0.1, -0.05) is 41.5 Å². The molecule has 24 heavy (non-hydrogen) atoms. The Morgan fingerprint density at radius 3 is 2.21 bits per heavy atom. The average Bonchev–Trinajstić information content (AvgIpc) is 2.50. The lowest BCUT2D eigenvalue weighted by atomic mass is 10.0. The molecule has 2 N–H and O–H groups in total. The Morgan fingerprint density at radius 1 is 1.08 bits per heavy atom. The highest BCUT2D eigenvalue weighted by molar-refractivity contribution is 5.84. The number of carboxylic acids is 1. The quantitative estimate of drug-likeness (QED) is 0.854. The van der Waals surface area contributed by atoms with Gasteiger partial charge in [0.25, 0.3) is 0 Å². The van der Waals surface area contributed by atoms with Crippen molar-refractivity contribution in [3.8, 4) is 0 Å². The fourth-order valence-electron chi connectivity index (χ4n) is 2.61. The van der Waals surface area contributed by atoms with Crippen LogP contribution in [0.1, 0.15) is 34.7 Å². The number of carbonyl (C=O) groups excluding carboxylic acids is 1. The van der Waals surface area contributed by atoms with Crippen molar-refractivity contribution in [3.63, 3.8) is 0 Å². The maximum absolute atomic E-state index is 12.9. The molecule has 0 aliphatic heterocycles. The van der Waals surface area contributed by atoms with Gasteiger partial charge < -0.3 is 10.4 Å². The largest absolute Gasteiger partial charge is 0.479 e. The predicted octanol–water partition coefficient (Wildman–Crippen LogP) is 3.32. The summed E-state index contributed by atoms with van der Waals surface area (Å²) >= 11 is 0. The maximum Gasteiger partial charge on any atom is 0.330 e. The molecule has 0 heterocycles. The third-order valence-corrected chi connectivity index (χ3v) is 3.68. The number of halogens is 1. The van der Waals surface area contributed by atoms with E-state index in [0.717, 1.165) is 16.7 Å². The number of nitrogens with one attached hydrogen (secondary N) is 1. The van der Waals surface area contributed by atoms with Gasteiger partial charge in [-0.25, -0.2) is 9.18 Å². The molecule has 0 radical (unpaired) electrons. The zero-order valence-electron chi connectivity index (χ0n) is 13.7. The second-order valence-corrected chi connectivity index (χ2v) is 5.89. The molecular formula is C19H20FNO3. The van der Waals surface area contributed by atoms with Crippen LogP contribution in [0.25, 0.3) is 0 Å². The summed E-state index contributed by atoms with van der Waals surface area (Å²) in [5, 5.41) is 12.0. The van der Waals surface area contributed by atoms with Gasteiger partial charge in [0, 0.05) is 6.42 Å². The summed E-state index contributed by atoms with van der Waals surface area (Å²) < 4.78 is 12.9. The number of hydrogen-bond donors (Lipinski definition) is 2. The molecule has 0 fully saturated rings. The average molecular weight is 329 g/mol. The molecule has 0 saturated carbocycles. The number of carboxylic acid groups (broad SMARTS) is 1. The van der Waals surface area contributed by atoms with Crippen LogP contribution in [0.2, 0.25) is 0 Å². The van der Waals surface area contributed by atoms with Gasteiger partial charge in [-0.3, -0.25) is 4.79 Å². The summed E-state index contributed by atoms with van der Waals surface area (Å²) in [6.07, 6.45) is 0.561. The summed E-state index contributed by atoms with van der Waals surface area (Å²) in [4.78, 5) is 23.6. The molecule has 1 unspecified atom stereocenters. The Bertz CT molecular complexity index is 721. The Morgan fingerprint density at radius 2 is 1.67 bits per heavy atom. The molecule has 2 aromatic carbocycles. The first-order valence-electron chi connectivity index (χ1n) is 7.70. The molecule has 2 rings (SSSR count). The van der Waals surface area contributed by atoms with Crippen LogP contribution in [-0.4, -0.2) is 17.0 Å². The zero-order chi connectivity index (χ0) is 17.7. The van der Waals surface area contributed by atoms with Crippen LogP contribution in [0.5, 0.6) is 0 Å². The number of carbonyl (C=O) groups is 2. The van der Waals surface area contributed by atoms with E-state index in [0.29, 0.717) is 12.0 Å². The molecular weight excluding hydrogens is 309 g/mol. The van der Waals surface area contributed by atoms with E-state index in [1.807, 2.05) is 19.9 Å². The van der Waals surface area contributed by atoms with E-state index in [2.05, 4.69) is 5.32 Å². The first kappa shape index (κ1) is 17.7. The maximum atomic E-state index is 12.9. The van der Waals surface area contributed by atoms with Crippen LogP contribution in [0.3, 0.4) is 0 Å². The van der Waals surface area contributed by atoms with Crippen LogP contribution in [0, 0.1) is 19.7 Å². The molecule has 0 aliphatic rings. The molecule has 0 aromatic heterocycles. The first-order chi connectivity index (χ1) is 11.3. The zero-order valence-corrected chi connectivity index (χ0v) is 13.7. The van der Waals surface area contributed by atoms with Crippen LogP contribution >= 0.6 is 0 Å². The standard InChI is InChI=1S/C19H20FNO3/c1-12-9-13(2)11-15(10-12)18(19(23)24)21-17(22)8-5-14-3-6-16(20)7-4-14/h3-4,6-7,9-11,18H,5,8H2,1-2H3,(H,21,22)(H,23,24). The number of aryl methyl sites for hydroxylation is 3. The van der Waals surface area contributed by atoms with E-state index in [4.69, 9.17) is 0 Å². The monoisotopic (exact) mass is 329 g/mol. The van der Waals surface area contributed by atoms with Gasteiger partial charge in [0.2, 0.25) is 5.91 Å². The minimum Gasteiger partial charge on any atom is -0.479 e. The third-order valence-electron chi connectivity index (χ3n) is 3.68. The van der Waals surface area contributed by atoms with Crippen LogP contribution < -0.4 is 5.32 Å². The fraction of sp³-hybridized carbons (Fsp3) is 0.263. The Hall–Kier alpha value is -2.69. The molecule has 4 nitrogen and oxygen atoms in total. The molecule has 1 amide bonds.